The van der Waals surface area contributed by atoms with Crippen molar-refractivity contribution in [1.29, 1.82) is 0 Å². The van der Waals surface area contributed by atoms with Gasteiger partial charge in [-0.25, -0.2) is 17.9 Å². The Labute approximate surface area is 120 Å². The molecule has 9 heteroatoms. The lowest BCUT2D eigenvalue weighted by molar-refractivity contribution is 0.0691. The smallest absolute Gasteiger partial charge is 0.340 e. The molecule has 0 unspecified atom stereocenters. The Morgan fingerprint density at radius 3 is 2.29 bits per heavy atom. The lowest BCUT2D eigenvalue weighted by Crippen LogP contribution is -2.17. The minimum absolute atomic E-state index is 0.00806. The lowest BCUT2D eigenvalue weighted by atomic mass is 10.2. The summed E-state index contributed by atoms with van der Waals surface area (Å²) < 4.78 is 37.0. The predicted molar refractivity (Wildman–Crippen MR) is 71.9 cm³/mol. The van der Waals surface area contributed by atoms with Gasteiger partial charge in [-0.1, -0.05) is 5.16 Å². The molecule has 0 saturated heterocycles. The van der Waals surface area contributed by atoms with Gasteiger partial charge in [-0.3, -0.25) is 0 Å². The van der Waals surface area contributed by atoms with Crippen LogP contribution in [0.1, 0.15) is 33.1 Å². The molecule has 0 bridgehead atoms. The number of nitrogens with one attached hydrogen (secondary N) is 1. The molecule has 0 aromatic carbocycles. The number of carbonyl (C=O) groups is 1. The molecule has 114 valence electrons. The molecule has 0 fully saturated rings. The van der Waals surface area contributed by atoms with Crippen LogP contribution < -0.4 is 4.72 Å². The van der Waals surface area contributed by atoms with E-state index in [9.17, 15) is 13.2 Å². The van der Waals surface area contributed by atoms with Crippen LogP contribution in [-0.4, -0.2) is 24.7 Å². The van der Waals surface area contributed by atoms with Crippen molar-refractivity contribution in [3.8, 4) is 0 Å². The van der Waals surface area contributed by atoms with E-state index in [2.05, 4.69) is 9.88 Å². The first-order valence-electron chi connectivity index (χ1n) is 5.94. The van der Waals surface area contributed by atoms with Crippen molar-refractivity contribution in [3.05, 3.63) is 28.3 Å². The fourth-order valence-electron chi connectivity index (χ4n) is 1.92. The minimum atomic E-state index is -4.17. The summed E-state index contributed by atoms with van der Waals surface area (Å²) in [6.07, 6.45) is 0. The Hall–Kier alpha value is -2.29. The van der Waals surface area contributed by atoms with Crippen LogP contribution in [-0.2, 0) is 10.0 Å². The molecule has 2 aromatic rings. The van der Waals surface area contributed by atoms with Gasteiger partial charge in [-0.15, -0.1) is 0 Å². The van der Waals surface area contributed by atoms with E-state index in [1.54, 1.807) is 13.8 Å². The fraction of sp³-hybridized carbons (Fsp3) is 0.333. The predicted octanol–water partition coefficient (Wildman–Crippen LogP) is 2.00. The third-order valence-corrected chi connectivity index (χ3v) is 4.56. The van der Waals surface area contributed by atoms with Crippen molar-refractivity contribution in [2.45, 2.75) is 32.6 Å². The maximum absolute atomic E-state index is 12.4. The summed E-state index contributed by atoms with van der Waals surface area (Å²) in [6.45, 7) is 6.06. The van der Waals surface area contributed by atoms with E-state index < -0.39 is 26.5 Å². The number of furan rings is 1. The van der Waals surface area contributed by atoms with Crippen LogP contribution >= 0.6 is 0 Å². The maximum atomic E-state index is 12.4. The standard InChI is InChI=1S/C12H14N2O6S/c1-5-6(2)13-20-11(5)14-21(17,18)10-8(4)19-7(3)9(10)12(15)16/h14H,1-4H3,(H,15,16). The van der Waals surface area contributed by atoms with Gasteiger partial charge >= 0.3 is 5.97 Å². The van der Waals surface area contributed by atoms with E-state index in [1.165, 1.54) is 13.8 Å². The highest BCUT2D eigenvalue weighted by molar-refractivity contribution is 7.92. The van der Waals surface area contributed by atoms with Gasteiger partial charge in [0.1, 0.15) is 22.0 Å². The number of aryl methyl sites for hydroxylation is 3. The van der Waals surface area contributed by atoms with Gasteiger partial charge < -0.3 is 14.0 Å². The Bertz CT molecular complexity index is 815. The van der Waals surface area contributed by atoms with Crippen molar-refractivity contribution in [2.75, 3.05) is 4.72 Å². The number of carboxylic acid groups (broad SMARTS) is 1. The summed E-state index contributed by atoms with van der Waals surface area (Å²) in [6, 6.07) is 0. The van der Waals surface area contributed by atoms with Gasteiger partial charge in [0.05, 0.1) is 5.69 Å². The highest BCUT2D eigenvalue weighted by atomic mass is 32.2. The van der Waals surface area contributed by atoms with Crippen LogP contribution in [0.25, 0.3) is 0 Å². The number of carboxylic acids is 1. The number of sulfonamides is 1. The van der Waals surface area contributed by atoms with Crippen molar-refractivity contribution >= 4 is 21.9 Å². The molecule has 2 rings (SSSR count). The molecular weight excluding hydrogens is 300 g/mol. The van der Waals surface area contributed by atoms with Gasteiger partial charge in [0.25, 0.3) is 10.0 Å². The molecule has 0 amide bonds. The van der Waals surface area contributed by atoms with E-state index in [4.69, 9.17) is 14.0 Å². The Morgan fingerprint density at radius 1 is 1.19 bits per heavy atom. The number of nitrogens with zero attached hydrogens (tertiary/aromatic N) is 1. The Balaban J connectivity index is 2.55. The third kappa shape index (κ3) is 2.51. The lowest BCUT2D eigenvalue weighted by Gasteiger charge is -2.05. The van der Waals surface area contributed by atoms with Crippen LogP contribution in [0.3, 0.4) is 0 Å². The van der Waals surface area contributed by atoms with Gasteiger partial charge in [0.2, 0.25) is 5.88 Å². The van der Waals surface area contributed by atoms with E-state index >= 15 is 0 Å². The molecule has 0 spiro atoms. The zero-order chi connectivity index (χ0) is 15.9. The highest BCUT2D eigenvalue weighted by Gasteiger charge is 2.32. The van der Waals surface area contributed by atoms with E-state index in [-0.39, 0.29) is 17.4 Å². The molecule has 2 aromatic heterocycles. The minimum Gasteiger partial charge on any atom is -0.478 e. The molecule has 0 aliphatic heterocycles. The number of rotatable bonds is 4. The molecule has 0 aliphatic rings. The quantitative estimate of drug-likeness (QED) is 0.884. The van der Waals surface area contributed by atoms with Crippen LogP contribution in [0.5, 0.6) is 0 Å². The zero-order valence-corrected chi connectivity index (χ0v) is 12.7. The first kappa shape index (κ1) is 15.1. The second-order valence-electron chi connectivity index (χ2n) is 4.55. The van der Waals surface area contributed by atoms with Crippen molar-refractivity contribution in [3.63, 3.8) is 0 Å². The molecule has 21 heavy (non-hydrogen) atoms. The zero-order valence-electron chi connectivity index (χ0n) is 11.8. The van der Waals surface area contributed by atoms with Gasteiger partial charge in [0.15, 0.2) is 0 Å². The first-order valence-corrected chi connectivity index (χ1v) is 7.42. The largest absolute Gasteiger partial charge is 0.478 e. The first-order chi connectivity index (χ1) is 9.65. The van der Waals surface area contributed by atoms with Gasteiger partial charge in [-0.2, -0.15) is 0 Å². The second-order valence-corrected chi connectivity index (χ2v) is 6.17. The summed E-state index contributed by atoms with van der Waals surface area (Å²) in [5, 5.41) is 12.8. The topological polar surface area (TPSA) is 123 Å². The van der Waals surface area contributed by atoms with Gasteiger partial charge in [-0.05, 0) is 27.7 Å². The number of hydrogen-bond donors (Lipinski definition) is 2. The van der Waals surface area contributed by atoms with E-state index in [1.807, 2.05) is 0 Å². The van der Waals surface area contributed by atoms with Crippen molar-refractivity contribution in [2.24, 2.45) is 0 Å². The summed E-state index contributed by atoms with van der Waals surface area (Å²) in [4.78, 5) is 10.8. The van der Waals surface area contributed by atoms with Crippen molar-refractivity contribution < 1.29 is 27.3 Å². The number of anilines is 1. The Kier molecular flexibility index (Phi) is 3.54. The molecule has 2 heterocycles. The summed E-state index contributed by atoms with van der Waals surface area (Å²) in [7, 11) is -4.17. The second kappa shape index (κ2) is 4.92. The van der Waals surface area contributed by atoms with Crippen LogP contribution in [0.4, 0.5) is 5.88 Å². The monoisotopic (exact) mass is 314 g/mol. The summed E-state index contributed by atoms with van der Waals surface area (Å²) in [5.74, 6) is -1.42. The SMILES string of the molecule is Cc1noc(NS(=O)(=O)c2c(C)oc(C)c2C(=O)O)c1C. The Morgan fingerprint density at radius 2 is 1.81 bits per heavy atom. The van der Waals surface area contributed by atoms with Crippen LogP contribution in [0.15, 0.2) is 13.8 Å². The molecule has 0 atom stereocenters. The molecule has 2 N–H and O–H groups in total. The van der Waals surface area contributed by atoms with Crippen LogP contribution in [0.2, 0.25) is 0 Å². The molecule has 8 nitrogen and oxygen atoms in total. The van der Waals surface area contributed by atoms with E-state index in [0.717, 1.165) is 0 Å². The average Bonchev–Trinajstić information content (AvgIpc) is 2.82. The van der Waals surface area contributed by atoms with Crippen LogP contribution in [0, 0.1) is 27.7 Å². The fourth-order valence-corrected chi connectivity index (χ4v) is 3.37. The number of hydrogen-bond acceptors (Lipinski definition) is 6. The summed E-state index contributed by atoms with van der Waals surface area (Å²) >= 11 is 0. The molecule has 0 radical (unpaired) electrons. The summed E-state index contributed by atoms with van der Waals surface area (Å²) in [5.41, 5.74) is 0.661. The normalized spacial score (nSPS) is 11.6. The molecule has 0 saturated carbocycles. The molecular formula is C12H14N2O6S. The third-order valence-electron chi connectivity index (χ3n) is 3.07. The number of aromatic nitrogens is 1. The van der Waals surface area contributed by atoms with Crippen molar-refractivity contribution in [1.82, 2.24) is 5.16 Å². The highest BCUT2D eigenvalue weighted by Crippen LogP contribution is 2.29. The van der Waals surface area contributed by atoms with Gasteiger partial charge in [0, 0.05) is 5.56 Å². The number of aromatic carboxylic acids is 1. The molecule has 0 aliphatic carbocycles. The van der Waals surface area contributed by atoms with E-state index in [0.29, 0.717) is 11.3 Å². The maximum Gasteiger partial charge on any atom is 0.340 e. The average molecular weight is 314 g/mol.